The first kappa shape index (κ1) is 16.6. The van der Waals surface area contributed by atoms with E-state index < -0.39 is 12.2 Å². The fourth-order valence-electron chi connectivity index (χ4n) is 2.41. The summed E-state index contributed by atoms with van der Waals surface area (Å²) in [7, 11) is 0. The number of carbonyl (C=O) groups is 2. The van der Waals surface area contributed by atoms with Gasteiger partial charge in [-0.2, -0.15) is 0 Å². The zero-order valence-electron chi connectivity index (χ0n) is 12.5. The smallest absolute Gasteiger partial charge is 0.414 e. The quantitative estimate of drug-likeness (QED) is 0.898. The third kappa shape index (κ3) is 3.63. The highest BCUT2D eigenvalue weighted by atomic mass is 35.5. The minimum atomic E-state index is -0.450. The maximum absolute atomic E-state index is 12.1. The van der Waals surface area contributed by atoms with Crippen molar-refractivity contribution in [2.24, 2.45) is 0 Å². The number of amides is 2. The monoisotopic (exact) mass is 364 g/mol. The number of hydrogen-bond donors (Lipinski definition) is 1. The third-order valence-electron chi connectivity index (χ3n) is 3.62. The van der Waals surface area contributed by atoms with Gasteiger partial charge >= 0.3 is 6.09 Å². The summed E-state index contributed by atoms with van der Waals surface area (Å²) >= 11 is 11.8. The lowest BCUT2D eigenvalue weighted by Gasteiger charge is -2.13. The van der Waals surface area contributed by atoms with Gasteiger partial charge in [0.1, 0.15) is 6.10 Å². The Hall–Kier alpha value is -2.24. The highest BCUT2D eigenvalue weighted by Gasteiger charge is 2.32. The summed E-state index contributed by atoms with van der Waals surface area (Å²) in [6, 6.07) is 13.7. The van der Waals surface area contributed by atoms with Gasteiger partial charge in [-0.3, -0.25) is 9.69 Å². The van der Waals surface area contributed by atoms with E-state index in [0.29, 0.717) is 27.8 Å². The van der Waals surface area contributed by atoms with Gasteiger partial charge in [-0.25, -0.2) is 4.79 Å². The molecule has 1 heterocycles. The molecule has 1 aliphatic heterocycles. The molecule has 2 aromatic carbocycles. The van der Waals surface area contributed by atoms with Gasteiger partial charge < -0.3 is 10.1 Å². The number of nitrogens with zero attached hydrogens (tertiary/aromatic N) is 1. The normalized spacial score (nSPS) is 16.8. The van der Waals surface area contributed by atoms with Gasteiger partial charge in [0.25, 0.3) is 5.91 Å². The van der Waals surface area contributed by atoms with Crippen LogP contribution in [0.15, 0.2) is 48.5 Å². The molecule has 7 heteroatoms. The van der Waals surface area contributed by atoms with E-state index in [1.807, 2.05) is 0 Å². The first-order valence-corrected chi connectivity index (χ1v) is 8.06. The highest BCUT2D eigenvalue weighted by molar-refractivity contribution is 6.33. The first-order chi connectivity index (χ1) is 11.5. The Bertz CT molecular complexity index is 765. The minimum Gasteiger partial charge on any atom is -0.442 e. The maximum atomic E-state index is 12.1. The molecule has 3 rings (SSSR count). The van der Waals surface area contributed by atoms with Gasteiger partial charge in [0.15, 0.2) is 0 Å². The molecule has 0 radical (unpaired) electrons. The molecule has 0 spiro atoms. The molecule has 5 nitrogen and oxygen atoms in total. The summed E-state index contributed by atoms with van der Waals surface area (Å²) in [5.74, 6) is -0.304. The van der Waals surface area contributed by atoms with E-state index in [4.69, 9.17) is 27.9 Å². The van der Waals surface area contributed by atoms with Gasteiger partial charge in [-0.05, 0) is 36.4 Å². The van der Waals surface area contributed by atoms with Crippen LogP contribution in [0.5, 0.6) is 0 Å². The Labute approximate surface area is 149 Å². The number of halogens is 2. The van der Waals surface area contributed by atoms with E-state index >= 15 is 0 Å². The van der Waals surface area contributed by atoms with Crippen LogP contribution < -0.4 is 10.2 Å². The van der Waals surface area contributed by atoms with Crippen molar-refractivity contribution in [3.05, 3.63) is 64.1 Å². The summed E-state index contributed by atoms with van der Waals surface area (Å²) in [5, 5.41) is 3.70. The second-order valence-corrected chi connectivity index (χ2v) is 6.13. The molecule has 0 bridgehead atoms. The van der Waals surface area contributed by atoms with Crippen molar-refractivity contribution < 1.29 is 14.3 Å². The number of rotatable bonds is 4. The Morgan fingerprint density at radius 2 is 1.88 bits per heavy atom. The molecule has 1 unspecified atom stereocenters. The summed E-state index contributed by atoms with van der Waals surface area (Å²) in [4.78, 5) is 25.6. The molecule has 2 amide bonds. The van der Waals surface area contributed by atoms with E-state index in [2.05, 4.69) is 5.32 Å². The molecule has 1 atom stereocenters. The van der Waals surface area contributed by atoms with Gasteiger partial charge in [0.05, 0.1) is 23.7 Å². The zero-order valence-corrected chi connectivity index (χ0v) is 14.1. The third-order valence-corrected chi connectivity index (χ3v) is 4.20. The molecule has 2 aromatic rings. The molecule has 0 aliphatic carbocycles. The molecule has 0 aromatic heterocycles. The number of cyclic esters (lactones) is 1. The highest BCUT2D eigenvalue weighted by Crippen LogP contribution is 2.23. The number of hydrogen-bond acceptors (Lipinski definition) is 3. The van der Waals surface area contributed by atoms with Crippen molar-refractivity contribution in [2.45, 2.75) is 6.10 Å². The van der Waals surface area contributed by atoms with E-state index in [0.717, 1.165) is 0 Å². The van der Waals surface area contributed by atoms with E-state index in [1.54, 1.807) is 48.5 Å². The maximum Gasteiger partial charge on any atom is 0.414 e. The van der Waals surface area contributed by atoms with Crippen LogP contribution in [-0.2, 0) is 4.74 Å². The van der Waals surface area contributed by atoms with Crippen molar-refractivity contribution in [1.82, 2.24) is 5.32 Å². The largest absolute Gasteiger partial charge is 0.442 e. The lowest BCUT2D eigenvalue weighted by molar-refractivity contribution is 0.0916. The minimum absolute atomic E-state index is 0.208. The summed E-state index contributed by atoms with van der Waals surface area (Å²) in [6.45, 7) is 0.559. The predicted molar refractivity (Wildman–Crippen MR) is 92.9 cm³/mol. The summed E-state index contributed by atoms with van der Waals surface area (Å²) in [5.41, 5.74) is 1.09. The zero-order chi connectivity index (χ0) is 17.1. The van der Waals surface area contributed by atoms with Crippen LogP contribution in [0.4, 0.5) is 10.5 Å². The van der Waals surface area contributed by atoms with Crippen LogP contribution in [0.1, 0.15) is 10.4 Å². The predicted octanol–water partition coefficient (Wildman–Crippen LogP) is 3.75. The first-order valence-electron chi connectivity index (χ1n) is 7.31. The van der Waals surface area contributed by atoms with Crippen LogP contribution in [-0.4, -0.2) is 31.2 Å². The number of benzene rings is 2. The topological polar surface area (TPSA) is 58.6 Å². The Kier molecular flexibility index (Phi) is 4.92. The van der Waals surface area contributed by atoms with Crippen molar-refractivity contribution in [3.8, 4) is 0 Å². The van der Waals surface area contributed by atoms with E-state index in [9.17, 15) is 9.59 Å². The van der Waals surface area contributed by atoms with Gasteiger partial charge in [-0.1, -0.05) is 35.3 Å². The molecule has 0 saturated carbocycles. The molecule has 1 fully saturated rings. The van der Waals surface area contributed by atoms with Crippen LogP contribution in [0, 0.1) is 0 Å². The molecule has 1 N–H and O–H groups in total. The lowest BCUT2D eigenvalue weighted by Crippen LogP contribution is -2.34. The van der Waals surface area contributed by atoms with Crippen molar-refractivity contribution in [2.75, 3.05) is 18.0 Å². The van der Waals surface area contributed by atoms with Gasteiger partial charge in [-0.15, -0.1) is 0 Å². The van der Waals surface area contributed by atoms with Crippen LogP contribution >= 0.6 is 23.2 Å². The van der Waals surface area contributed by atoms with Crippen molar-refractivity contribution in [3.63, 3.8) is 0 Å². The van der Waals surface area contributed by atoms with Crippen molar-refractivity contribution >= 4 is 40.9 Å². The fourth-order valence-corrected chi connectivity index (χ4v) is 2.75. The lowest BCUT2D eigenvalue weighted by atomic mass is 10.2. The molecule has 1 aliphatic rings. The molecule has 24 heavy (non-hydrogen) atoms. The molecular formula is C17H14Cl2N2O3. The molecular weight excluding hydrogens is 351 g/mol. The number of nitrogens with one attached hydrogen (secondary N) is 1. The Balaban J connectivity index is 1.59. The summed E-state index contributed by atoms with van der Waals surface area (Å²) < 4.78 is 5.28. The Morgan fingerprint density at radius 3 is 2.58 bits per heavy atom. The van der Waals surface area contributed by atoms with E-state index in [1.165, 1.54) is 4.90 Å². The second-order valence-electron chi connectivity index (χ2n) is 5.28. The summed E-state index contributed by atoms with van der Waals surface area (Å²) in [6.07, 6.45) is -0.881. The van der Waals surface area contributed by atoms with Crippen LogP contribution in [0.25, 0.3) is 0 Å². The molecule has 124 valence electrons. The van der Waals surface area contributed by atoms with Crippen molar-refractivity contribution in [1.29, 1.82) is 0 Å². The number of carbonyl (C=O) groups excluding carboxylic acids is 2. The Morgan fingerprint density at radius 1 is 1.17 bits per heavy atom. The number of anilines is 1. The average Bonchev–Trinajstić information content (AvgIpc) is 2.95. The average molecular weight is 365 g/mol. The van der Waals surface area contributed by atoms with Crippen LogP contribution in [0.2, 0.25) is 10.0 Å². The van der Waals surface area contributed by atoms with Gasteiger partial charge in [0, 0.05) is 10.7 Å². The van der Waals surface area contributed by atoms with E-state index in [-0.39, 0.29) is 12.5 Å². The standard InChI is InChI=1S/C17H14Cl2N2O3/c18-11-5-7-12(8-6-11)21-10-13(24-17(21)23)9-20-16(22)14-3-1-2-4-15(14)19/h1-8,13H,9-10H2,(H,20,22). The van der Waals surface area contributed by atoms with Gasteiger partial charge in [0.2, 0.25) is 0 Å². The SMILES string of the molecule is O=C(NCC1CN(c2ccc(Cl)cc2)C(=O)O1)c1ccccc1Cl. The van der Waals surface area contributed by atoms with Crippen LogP contribution in [0.3, 0.4) is 0 Å². The second kappa shape index (κ2) is 7.11. The fraction of sp³-hybridized carbons (Fsp3) is 0.176. The molecule has 1 saturated heterocycles. The number of ether oxygens (including phenoxy) is 1.